The summed E-state index contributed by atoms with van der Waals surface area (Å²) in [6.45, 7) is 9.52. The number of likely N-dealkylation sites (tertiary alicyclic amines) is 1. The maximum absolute atomic E-state index is 13.4. The molecule has 3 unspecified atom stereocenters. The topological polar surface area (TPSA) is 63.5 Å². The van der Waals surface area contributed by atoms with Crippen molar-refractivity contribution in [2.75, 3.05) is 26.2 Å². The summed E-state index contributed by atoms with van der Waals surface area (Å²) < 4.78 is 7.45. The molecule has 1 aromatic heterocycles. The molecule has 3 heterocycles. The van der Waals surface area contributed by atoms with Crippen LogP contribution in [0.25, 0.3) is 5.69 Å². The van der Waals surface area contributed by atoms with E-state index in [1.165, 1.54) is 0 Å². The van der Waals surface area contributed by atoms with Crippen molar-refractivity contribution < 1.29 is 9.53 Å². The second-order valence-electron chi connectivity index (χ2n) is 8.46. The number of hydrogen-bond donors (Lipinski definition) is 0. The summed E-state index contributed by atoms with van der Waals surface area (Å²) in [5.74, 6) is 0.724. The Bertz CT molecular complexity index is 920. The Morgan fingerprint density at radius 2 is 1.87 bits per heavy atom. The number of para-hydroxylation sites is 1. The Labute approximate surface area is 193 Å². The average Bonchev–Trinajstić information content (AvgIpc) is 3.33. The number of carbonyl (C=O) groups excluding carboxylic acids is 1. The molecule has 0 spiro atoms. The third-order valence-corrected chi connectivity index (χ3v) is 6.54. The van der Waals surface area contributed by atoms with E-state index in [2.05, 4.69) is 28.8 Å². The minimum absolute atomic E-state index is 0.131. The van der Waals surface area contributed by atoms with Crippen LogP contribution in [0.15, 0.2) is 18.2 Å². The van der Waals surface area contributed by atoms with Crippen molar-refractivity contribution >= 4 is 29.1 Å². The molecule has 0 N–H and O–H groups in total. The number of benzene rings is 1. The van der Waals surface area contributed by atoms with Crippen LogP contribution in [0.3, 0.4) is 0 Å². The molecule has 2 saturated heterocycles. The zero-order valence-corrected chi connectivity index (χ0v) is 19.7. The first-order valence-corrected chi connectivity index (χ1v) is 11.7. The van der Waals surface area contributed by atoms with Crippen LogP contribution in [-0.2, 0) is 11.2 Å². The number of nitrogens with zero attached hydrogens (tertiary/aromatic N) is 5. The number of amides is 1. The van der Waals surface area contributed by atoms with Crippen LogP contribution in [0.4, 0.5) is 0 Å². The van der Waals surface area contributed by atoms with Gasteiger partial charge in [-0.15, -0.1) is 5.10 Å². The fraction of sp³-hybridized carbons (Fsp3) is 0.591. The number of aryl methyl sites for hydroxylation is 1. The summed E-state index contributed by atoms with van der Waals surface area (Å²) in [5.41, 5.74) is 0.559. The van der Waals surface area contributed by atoms with Gasteiger partial charge in [0.05, 0.1) is 22.3 Å². The minimum Gasteiger partial charge on any atom is -0.373 e. The summed E-state index contributed by atoms with van der Waals surface area (Å²) in [6, 6.07) is 5.45. The van der Waals surface area contributed by atoms with E-state index in [1.807, 2.05) is 11.8 Å². The van der Waals surface area contributed by atoms with Crippen molar-refractivity contribution in [3.8, 4) is 5.69 Å². The van der Waals surface area contributed by atoms with Gasteiger partial charge in [-0.2, -0.15) is 0 Å². The van der Waals surface area contributed by atoms with Gasteiger partial charge >= 0.3 is 0 Å². The van der Waals surface area contributed by atoms with Crippen LogP contribution < -0.4 is 0 Å². The number of morpholine rings is 1. The Kier molecular flexibility index (Phi) is 6.86. The SMILES string of the molecule is CCc1nc(C(=O)N2CCCC2CN2CC(C)OC(C)C2)nn1-c1c(Cl)cccc1Cl. The van der Waals surface area contributed by atoms with Crippen LogP contribution in [0.2, 0.25) is 10.0 Å². The third-order valence-electron chi connectivity index (χ3n) is 5.93. The monoisotopic (exact) mass is 465 g/mol. The van der Waals surface area contributed by atoms with Crippen molar-refractivity contribution in [2.45, 2.75) is 58.3 Å². The Morgan fingerprint density at radius 1 is 1.19 bits per heavy atom. The van der Waals surface area contributed by atoms with Gasteiger partial charge in [-0.3, -0.25) is 9.69 Å². The standard InChI is InChI=1S/C22H29Cl2N5O2/c1-4-19-25-21(26-29(19)20-17(23)8-5-9-18(20)24)22(30)28-10-6-7-16(28)13-27-11-14(2)31-15(3)12-27/h5,8-9,14-16H,4,6-7,10-13H2,1-3H3. The van der Waals surface area contributed by atoms with Gasteiger partial charge < -0.3 is 9.64 Å². The normalized spacial score (nSPS) is 24.7. The number of hydrogen-bond acceptors (Lipinski definition) is 5. The highest BCUT2D eigenvalue weighted by atomic mass is 35.5. The van der Waals surface area contributed by atoms with Crippen molar-refractivity contribution in [2.24, 2.45) is 0 Å². The van der Waals surface area contributed by atoms with Crippen LogP contribution >= 0.6 is 23.2 Å². The number of aromatic nitrogens is 3. The molecule has 2 aliphatic rings. The van der Waals surface area contributed by atoms with Gasteiger partial charge in [-0.25, -0.2) is 9.67 Å². The van der Waals surface area contributed by atoms with Gasteiger partial charge in [0.15, 0.2) is 0 Å². The highest BCUT2D eigenvalue weighted by molar-refractivity contribution is 6.37. The molecule has 9 heteroatoms. The van der Waals surface area contributed by atoms with Crippen molar-refractivity contribution in [3.05, 3.63) is 39.9 Å². The fourth-order valence-corrected chi connectivity index (χ4v) is 5.24. The van der Waals surface area contributed by atoms with Crippen LogP contribution in [0.5, 0.6) is 0 Å². The Hall–Kier alpha value is -1.67. The zero-order valence-electron chi connectivity index (χ0n) is 18.2. The first kappa shape index (κ1) is 22.5. The quantitative estimate of drug-likeness (QED) is 0.670. The van der Waals surface area contributed by atoms with Crippen LogP contribution in [-0.4, -0.2) is 74.9 Å². The second-order valence-corrected chi connectivity index (χ2v) is 9.27. The number of halogens is 2. The summed E-state index contributed by atoms with van der Waals surface area (Å²) in [7, 11) is 0. The zero-order chi connectivity index (χ0) is 22.1. The van der Waals surface area contributed by atoms with Crippen molar-refractivity contribution in [1.82, 2.24) is 24.6 Å². The van der Waals surface area contributed by atoms with E-state index in [4.69, 9.17) is 27.9 Å². The summed E-state index contributed by atoms with van der Waals surface area (Å²) in [4.78, 5) is 22.3. The number of ether oxygens (including phenoxy) is 1. The van der Waals surface area contributed by atoms with Crippen molar-refractivity contribution in [1.29, 1.82) is 0 Å². The van der Waals surface area contributed by atoms with Gasteiger partial charge in [0.1, 0.15) is 11.5 Å². The van der Waals surface area contributed by atoms with E-state index in [1.54, 1.807) is 22.9 Å². The molecule has 1 aromatic carbocycles. The molecule has 1 amide bonds. The first-order chi connectivity index (χ1) is 14.9. The molecule has 4 rings (SSSR count). The molecule has 2 aromatic rings. The van der Waals surface area contributed by atoms with Crippen molar-refractivity contribution in [3.63, 3.8) is 0 Å². The largest absolute Gasteiger partial charge is 0.373 e. The first-order valence-electron chi connectivity index (χ1n) is 11.0. The van der Waals surface area contributed by atoms with E-state index < -0.39 is 0 Å². The van der Waals surface area contributed by atoms with Gasteiger partial charge in [0, 0.05) is 38.6 Å². The van der Waals surface area contributed by atoms with E-state index in [0.29, 0.717) is 28.0 Å². The second kappa shape index (κ2) is 9.45. The van der Waals surface area contributed by atoms with Gasteiger partial charge in [0.2, 0.25) is 5.82 Å². The van der Waals surface area contributed by atoms with Gasteiger partial charge in [0.25, 0.3) is 5.91 Å². The molecule has 0 aliphatic carbocycles. The molecule has 2 aliphatic heterocycles. The molecule has 0 radical (unpaired) electrons. The lowest BCUT2D eigenvalue weighted by Crippen LogP contribution is -2.51. The lowest BCUT2D eigenvalue weighted by Gasteiger charge is -2.38. The molecule has 7 nitrogen and oxygen atoms in total. The number of rotatable bonds is 5. The molecule has 0 saturated carbocycles. The highest BCUT2D eigenvalue weighted by Crippen LogP contribution is 2.29. The smallest absolute Gasteiger partial charge is 0.293 e. The molecule has 0 bridgehead atoms. The van der Waals surface area contributed by atoms with E-state index >= 15 is 0 Å². The molecule has 168 valence electrons. The summed E-state index contributed by atoms with van der Waals surface area (Å²) >= 11 is 12.8. The molecule has 31 heavy (non-hydrogen) atoms. The highest BCUT2D eigenvalue weighted by Gasteiger charge is 2.35. The third kappa shape index (κ3) is 4.75. The molecular weight excluding hydrogens is 437 g/mol. The van der Waals surface area contributed by atoms with E-state index in [0.717, 1.165) is 39.0 Å². The Balaban J connectivity index is 1.55. The molecule has 3 atom stereocenters. The maximum atomic E-state index is 13.4. The fourth-order valence-electron chi connectivity index (χ4n) is 4.69. The van der Waals surface area contributed by atoms with Crippen LogP contribution in [0, 0.1) is 0 Å². The van der Waals surface area contributed by atoms with E-state index in [-0.39, 0.29) is 30.0 Å². The minimum atomic E-state index is -0.131. The van der Waals surface area contributed by atoms with Gasteiger partial charge in [-0.1, -0.05) is 36.2 Å². The summed E-state index contributed by atoms with van der Waals surface area (Å²) in [5, 5.41) is 5.48. The Morgan fingerprint density at radius 3 is 2.52 bits per heavy atom. The predicted molar refractivity (Wildman–Crippen MR) is 121 cm³/mol. The average molecular weight is 466 g/mol. The lowest BCUT2D eigenvalue weighted by molar-refractivity contribution is -0.0715. The molecular formula is C22H29Cl2N5O2. The summed E-state index contributed by atoms with van der Waals surface area (Å²) in [6.07, 6.45) is 3.00. The lowest BCUT2D eigenvalue weighted by atomic mass is 10.1. The van der Waals surface area contributed by atoms with Crippen LogP contribution in [0.1, 0.15) is 50.1 Å². The molecule has 2 fully saturated rings. The maximum Gasteiger partial charge on any atom is 0.293 e. The van der Waals surface area contributed by atoms with Gasteiger partial charge in [-0.05, 0) is 38.8 Å². The van der Waals surface area contributed by atoms with E-state index in [9.17, 15) is 4.79 Å². The predicted octanol–water partition coefficient (Wildman–Crippen LogP) is 3.85. The number of carbonyl (C=O) groups is 1.